The molecule has 0 aliphatic heterocycles. The number of anilines is 1. The number of nitrogen functional groups attached to an aromatic ring is 1. The lowest BCUT2D eigenvalue weighted by molar-refractivity contribution is 0.872. The summed E-state index contributed by atoms with van der Waals surface area (Å²) in [5, 5.41) is 4.56. The van der Waals surface area contributed by atoms with Gasteiger partial charge in [0.05, 0.1) is 16.3 Å². The van der Waals surface area contributed by atoms with Gasteiger partial charge in [0.15, 0.2) is 0 Å². The zero-order valence-corrected chi connectivity index (χ0v) is 12.7. The number of hydrogen-bond acceptors (Lipinski definition) is 3. The van der Waals surface area contributed by atoms with Crippen molar-refractivity contribution in [1.29, 1.82) is 0 Å². The van der Waals surface area contributed by atoms with Crippen LogP contribution in [0.5, 0.6) is 0 Å². The molecule has 3 nitrogen and oxygen atoms in total. The molecule has 4 heteroatoms. The van der Waals surface area contributed by atoms with Crippen molar-refractivity contribution in [2.75, 3.05) is 5.73 Å². The van der Waals surface area contributed by atoms with Crippen LogP contribution in [-0.4, -0.2) is 9.78 Å². The number of hydrogen-bond donors (Lipinski definition) is 1. The van der Waals surface area contributed by atoms with Crippen LogP contribution in [0.25, 0.3) is 5.69 Å². The van der Waals surface area contributed by atoms with Gasteiger partial charge < -0.3 is 5.73 Å². The second-order valence-electron chi connectivity index (χ2n) is 4.82. The molecule has 0 saturated carbocycles. The highest BCUT2D eigenvalue weighted by Crippen LogP contribution is 2.32. The standard InChI is InChI=1S/C17H17N3S/c1-13-16(21-12-14-8-4-2-5-9-14)17(18)20(19-13)15-10-6-3-7-11-15/h2-11H,12,18H2,1H3. The molecule has 0 fully saturated rings. The van der Waals surface area contributed by atoms with Gasteiger partial charge >= 0.3 is 0 Å². The van der Waals surface area contributed by atoms with Crippen LogP contribution >= 0.6 is 11.8 Å². The van der Waals surface area contributed by atoms with E-state index in [1.54, 1.807) is 11.8 Å². The van der Waals surface area contributed by atoms with E-state index < -0.39 is 0 Å². The van der Waals surface area contributed by atoms with Gasteiger partial charge in [0.25, 0.3) is 0 Å². The van der Waals surface area contributed by atoms with Gasteiger partial charge in [-0.2, -0.15) is 5.10 Å². The van der Waals surface area contributed by atoms with Gasteiger partial charge in [-0.25, -0.2) is 4.68 Å². The topological polar surface area (TPSA) is 43.8 Å². The van der Waals surface area contributed by atoms with Gasteiger partial charge in [0, 0.05) is 5.75 Å². The van der Waals surface area contributed by atoms with Crippen molar-refractivity contribution in [3.63, 3.8) is 0 Å². The second-order valence-corrected chi connectivity index (χ2v) is 5.81. The highest BCUT2D eigenvalue weighted by Gasteiger charge is 2.14. The number of aromatic nitrogens is 2. The van der Waals surface area contributed by atoms with Crippen molar-refractivity contribution in [2.45, 2.75) is 17.6 Å². The minimum absolute atomic E-state index is 0.708. The molecule has 1 heterocycles. The Morgan fingerprint density at radius 2 is 1.62 bits per heavy atom. The van der Waals surface area contributed by atoms with Gasteiger partial charge in [-0.1, -0.05) is 48.5 Å². The zero-order chi connectivity index (χ0) is 14.7. The van der Waals surface area contributed by atoms with E-state index in [0.717, 1.165) is 22.0 Å². The number of nitrogens with zero attached hydrogens (tertiary/aromatic N) is 2. The summed E-state index contributed by atoms with van der Waals surface area (Å²) in [6.45, 7) is 2.00. The van der Waals surface area contributed by atoms with Crippen molar-refractivity contribution >= 4 is 17.6 Å². The predicted octanol–water partition coefficient (Wildman–Crippen LogP) is 4.06. The lowest BCUT2D eigenvalue weighted by Crippen LogP contribution is -2.01. The normalized spacial score (nSPS) is 10.7. The van der Waals surface area contributed by atoms with Crippen LogP contribution in [0.15, 0.2) is 65.6 Å². The van der Waals surface area contributed by atoms with E-state index in [-0.39, 0.29) is 0 Å². The fourth-order valence-corrected chi connectivity index (χ4v) is 3.19. The first-order valence-corrected chi connectivity index (χ1v) is 7.81. The molecule has 2 aromatic carbocycles. The van der Waals surface area contributed by atoms with Crippen molar-refractivity contribution in [3.8, 4) is 5.69 Å². The highest BCUT2D eigenvalue weighted by molar-refractivity contribution is 7.98. The summed E-state index contributed by atoms with van der Waals surface area (Å²) in [7, 11) is 0. The maximum absolute atomic E-state index is 6.28. The van der Waals surface area contributed by atoms with E-state index in [9.17, 15) is 0 Å². The van der Waals surface area contributed by atoms with Crippen molar-refractivity contribution in [2.24, 2.45) is 0 Å². The first-order valence-electron chi connectivity index (χ1n) is 6.83. The summed E-state index contributed by atoms with van der Waals surface area (Å²) in [6, 6.07) is 20.4. The summed E-state index contributed by atoms with van der Waals surface area (Å²) in [4.78, 5) is 1.06. The molecule has 21 heavy (non-hydrogen) atoms. The smallest absolute Gasteiger partial charge is 0.141 e. The van der Waals surface area contributed by atoms with E-state index in [2.05, 4.69) is 29.4 Å². The molecule has 0 spiro atoms. The Morgan fingerprint density at radius 1 is 1.00 bits per heavy atom. The Bertz CT molecular complexity index is 721. The molecule has 0 radical (unpaired) electrons. The Hall–Kier alpha value is -2.20. The van der Waals surface area contributed by atoms with Crippen LogP contribution in [0, 0.1) is 6.92 Å². The van der Waals surface area contributed by atoms with Crippen LogP contribution < -0.4 is 5.73 Å². The minimum Gasteiger partial charge on any atom is -0.383 e. The summed E-state index contributed by atoms with van der Waals surface area (Å²) in [6.07, 6.45) is 0. The van der Waals surface area contributed by atoms with Crippen molar-refractivity contribution in [3.05, 3.63) is 71.9 Å². The molecule has 0 atom stereocenters. The fourth-order valence-electron chi connectivity index (χ4n) is 2.20. The Balaban J connectivity index is 1.85. The van der Waals surface area contributed by atoms with Crippen LogP contribution in [0.2, 0.25) is 0 Å². The quantitative estimate of drug-likeness (QED) is 0.738. The molecule has 0 aliphatic rings. The molecule has 106 valence electrons. The third kappa shape index (κ3) is 2.95. The summed E-state index contributed by atoms with van der Waals surface area (Å²) in [5.41, 5.74) is 9.53. The van der Waals surface area contributed by atoms with Crippen molar-refractivity contribution < 1.29 is 0 Å². The van der Waals surface area contributed by atoms with Crippen LogP contribution in [-0.2, 0) is 5.75 Å². The number of rotatable bonds is 4. The molecule has 3 aromatic rings. The largest absolute Gasteiger partial charge is 0.383 e. The maximum atomic E-state index is 6.28. The van der Waals surface area contributed by atoms with Gasteiger partial charge in [-0.15, -0.1) is 11.8 Å². The van der Waals surface area contributed by atoms with Gasteiger partial charge in [-0.05, 0) is 24.6 Å². The van der Waals surface area contributed by atoms with E-state index in [0.29, 0.717) is 5.82 Å². The van der Waals surface area contributed by atoms with Gasteiger partial charge in [-0.3, -0.25) is 0 Å². The number of nitrogens with two attached hydrogens (primary N) is 1. The number of para-hydroxylation sites is 1. The van der Waals surface area contributed by atoms with Gasteiger partial charge in [0.2, 0.25) is 0 Å². The Labute approximate surface area is 128 Å². The summed E-state index contributed by atoms with van der Waals surface area (Å²) >= 11 is 1.73. The lowest BCUT2D eigenvalue weighted by atomic mass is 10.2. The fraction of sp³-hybridized carbons (Fsp3) is 0.118. The minimum atomic E-state index is 0.708. The van der Waals surface area contributed by atoms with E-state index in [4.69, 9.17) is 5.73 Å². The molecule has 1 aromatic heterocycles. The summed E-state index contributed by atoms with van der Waals surface area (Å²) < 4.78 is 1.81. The first-order chi connectivity index (χ1) is 10.3. The average molecular weight is 295 g/mol. The SMILES string of the molecule is Cc1nn(-c2ccccc2)c(N)c1SCc1ccccc1. The van der Waals surface area contributed by atoms with Crippen LogP contribution in [0.1, 0.15) is 11.3 Å². The maximum Gasteiger partial charge on any atom is 0.141 e. The molecule has 2 N–H and O–H groups in total. The van der Waals surface area contributed by atoms with Crippen LogP contribution in [0.3, 0.4) is 0 Å². The third-order valence-electron chi connectivity index (χ3n) is 3.27. The highest BCUT2D eigenvalue weighted by atomic mass is 32.2. The molecule has 0 bridgehead atoms. The van der Waals surface area contributed by atoms with Gasteiger partial charge in [0.1, 0.15) is 5.82 Å². The van der Waals surface area contributed by atoms with E-state index in [1.165, 1.54) is 5.56 Å². The molecule has 0 amide bonds. The zero-order valence-electron chi connectivity index (χ0n) is 11.9. The summed E-state index contributed by atoms with van der Waals surface area (Å²) in [5.74, 6) is 1.60. The predicted molar refractivity (Wildman–Crippen MR) is 88.7 cm³/mol. The first kappa shape index (κ1) is 13.8. The third-order valence-corrected chi connectivity index (χ3v) is 4.54. The Morgan fingerprint density at radius 3 is 2.29 bits per heavy atom. The monoisotopic (exact) mass is 295 g/mol. The number of benzene rings is 2. The number of thioether (sulfide) groups is 1. The van der Waals surface area contributed by atoms with E-state index in [1.807, 2.05) is 48.0 Å². The molecule has 0 unspecified atom stereocenters. The van der Waals surface area contributed by atoms with Crippen LogP contribution in [0.4, 0.5) is 5.82 Å². The second kappa shape index (κ2) is 6.06. The average Bonchev–Trinajstić information content (AvgIpc) is 2.82. The molecule has 3 rings (SSSR count). The Kier molecular flexibility index (Phi) is 3.97. The lowest BCUT2D eigenvalue weighted by Gasteiger charge is -2.05. The molecule has 0 aliphatic carbocycles. The molecule has 0 saturated heterocycles. The van der Waals surface area contributed by atoms with E-state index >= 15 is 0 Å². The molecular weight excluding hydrogens is 278 g/mol. The molecular formula is C17H17N3S. The number of aryl methyl sites for hydroxylation is 1. The van der Waals surface area contributed by atoms with Crippen molar-refractivity contribution in [1.82, 2.24) is 9.78 Å².